The van der Waals surface area contributed by atoms with Gasteiger partial charge in [0, 0.05) is 22.8 Å². The quantitative estimate of drug-likeness (QED) is 0.0930. The number of halogens is 1. The van der Waals surface area contributed by atoms with Crippen molar-refractivity contribution in [3.8, 4) is 5.75 Å². The van der Waals surface area contributed by atoms with Crippen LogP contribution in [-0.4, -0.2) is 33.1 Å². The number of rotatable bonds is 6. The molecule has 0 unspecified atom stereocenters. The standard InChI is InChI=1S/C29H22ClN3O4S2/c1-16-12-20-13-19(10-11-22(20)37-16)25(34)23-24(18-8-5-9-21(30)14-18)33(27(36)26(23)35)28-31-32-29(39-28)38-15-17-6-3-2-4-7-17/h2-11,13-14,16,24,34H,12,15H2,1H3/t16-,24+/m1/s1. The van der Waals surface area contributed by atoms with Crippen molar-refractivity contribution < 1.29 is 19.4 Å². The minimum atomic E-state index is -0.924. The Morgan fingerprint density at radius 2 is 1.92 bits per heavy atom. The first kappa shape index (κ1) is 25.6. The van der Waals surface area contributed by atoms with Gasteiger partial charge in [-0.15, -0.1) is 10.2 Å². The lowest BCUT2D eigenvalue weighted by Crippen LogP contribution is -2.29. The largest absolute Gasteiger partial charge is 0.507 e. The summed E-state index contributed by atoms with van der Waals surface area (Å²) in [6.45, 7) is 1.97. The van der Waals surface area contributed by atoms with Crippen LogP contribution in [0.15, 0.2) is 82.7 Å². The van der Waals surface area contributed by atoms with E-state index in [0.717, 1.165) is 16.9 Å². The smallest absolute Gasteiger partial charge is 0.301 e. The van der Waals surface area contributed by atoms with Crippen LogP contribution < -0.4 is 9.64 Å². The van der Waals surface area contributed by atoms with Crippen molar-refractivity contribution in [1.29, 1.82) is 0 Å². The van der Waals surface area contributed by atoms with Crippen LogP contribution in [0.5, 0.6) is 5.75 Å². The number of anilines is 1. The number of amides is 1. The molecule has 1 amide bonds. The first-order chi connectivity index (χ1) is 18.9. The number of aliphatic hydroxyl groups excluding tert-OH is 1. The molecule has 2 aliphatic rings. The van der Waals surface area contributed by atoms with Gasteiger partial charge < -0.3 is 9.84 Å². The van der Waals surface area contributed by atoms with Crippen LogP contribution in [0.1, 0.15) is 35.2 Å². The van der Waals surface area contributed by atoms with Crippen LogP contribution in [0.3, 0.4) is 0 Å². The molecule has 39 heavy (non-hydrogen) atoms. The molecule has 1 N–H and O–H groups in total. The van der Waals surface area contributed by atoms with E-state index in [1.807, 2.05) is 37.3 Å². The second-order valence-corrected chi connectivity index (χ2v) is 11.9. The van der Waals surface area contributed by atoms with E-state index in [0.29, 0.717) is 32.7 Å². The Labute approximate surface area is 238 Å². The summed E-state index contributed by atoms with van der Waals surface area (Å²) >= 11 is 9.03. The van der Waals surface area contributed by atoms with Crippen LogP contribution in [-0.2, 0) is 21.8 Å². The first-order valence-corrected chi connectivity index (χ1v) is 14.4. The molecular weight excluding hydrogens is 554 g/mol. The molecule has 4 aromatic rings. The summed E-state index contributed by atoms with van der Waals surface area (Å²) in [6.07, 6.45) is 0.720. The molecule has 2 atom stereocenters. The normalized spacial score (nSPS) is 19.8. The molecule has 7 nitrogen and oxygen atoms in total. The van der Waals surface area contributed by atoms with Crippen molar-refractivity contribution in [1.82, 2.24) is 10.2 Å². The third kappa shape index (κ3) is 4.93. The van der Waals surface area contributed by atoms with Gasteiger partial charge in [0.25, 0.3) is 5.78 Å². The van der Waals surface area contributed by atoms with E-state index in [4.69, 9.17) is 16.3 Å². The average Bonchev–Trinajstić information content (AvgIpc) is 3.62. The Morgan fingerprint density at radius 3 is 2.72 bits per heavy atom. The zero-order chi connectivity index (χ0) is 27.1. The van der Waals surface area contributed by atoms with Crippen molar-refractivity contribution in [2.24, 2.45) is 0 Å². The number of aromatic nitrogens is 2. The molecule has 3 heterocycles. The van der Waals surface area contributed by atoms with E-state index in [-0.39, 0.29) is 22.6 Å². The molecule has 1 fully saturated rings. The fraction of sp³-hybridized carbons (Fsp3) is 0.172. The second-order valence-electron chi connectivity index (χ2n) is 9.30. The highest BCUT2D eigenvalue weighted by molar-refractivity contribution is 8.00. The number of carbonyl (C=O) groups is 2. The van der Waals surface area contributed by atoms with Gasteiger partial charge >= 0.3 is 5.91 Å². The van der Waals surface area contributed by atoms with Gasteiger partial charge in [0.2, 0.25) is 5.13 Å². The van der Waals surface area contributed by atoms with Gasteiger partial charge in [-0.2, -0.15) is 0 Å². The van der Waals surface area contributed by atoms with Gasteiger partial charge in [0.1, 0.15) is 17.6 Å². The van der Waals surface area contributed by atoms with Gasteiger partial charge in [-0.3, -0.25) is 14.5 Å². The number of ketones is 1. The summed E-state index contributed by atoms with van der Waals surface area (Å²) in [5.74, 6) is -0.398. The predicted molar refractivity (Wildman–Crippen MR) is 152 cm³/mol. The Kier molecular flexibility index (Phi) is 6.88. The molecule has 0 saturated carbocycles. The van der Waals surface area contributed by atoms with E-state index in [1.165, 1.54) is 28.0 Å². The topological polar surface area (TPSA) is 92.6 Å². The minimum Gasteiger partial charge on any atom is -0.507 e. The lowest BCUT2D eigenvalue weighted by Gasteiger charge is -2.22. The molecule has 3 aromatic carbocycles. The van der Waals surface area contributed by atoms with Crippen LogP contribution >= 0.6 is 34.7 Å². The number of thioether (sulfide) groups is 1. The molecule has 6 rings (SSSR count). The maximum absolute atomic E-state index is 13.5. The molecule has 0 aliphatic carbocycles. The molecule has 196 valence electrons. The third-order valence-electron chi connectivity index (χ3n) is 6.59. The Balaban J connectivity index is 1.40. The van der Waals surface area contributed by atoms with Gasteiger partial charge in [0.05, 0.1) is 11.6 Å². The first-order valence-electron chi connectivity index (χ1n) is 12.3. The summed E-state index contributed by atoms with van der Waals surface area (Å²) in [5, 5.41) is 20.7. The highest BCUT2D eigenvalue weighted by Crippen LogP contribution is 2.45. The number of aliphatic hydroxyl groups is 1. The highest BCUT2D eigenvalue weighted by Gasteiger charge is 2.48. The van der Waals surface area contributed by atoms with Crippen LogP contribution in [0.25, 0.3) is 5.76 Å². The zero-order valence-electron chi connectivity index (χ0n) is 20.7. The molecule has 0 radical (unpaired) electrons. The maximum atomic E-state index is 13.5. The van der Waals surface area contributed by atoms with E-state index < -0.39 is 17.7 Å². The van der Waals surface area contributed by atoms with Gasteiger partial charge in [-0.1, -0.05) is 77.2 Å². The lowest BCUT2D eigenvalue weighted by atomic mass is 9.94. The Hall–Kier alpha value is -3.66. The summed E-state index contributed by atoms with van der Waals surface area (Å²) < 4.78 is 6.44. The molecular formula is C29H22ClN3O4S2. The molecule has 1 aromatic heterocycles. The number of Topliss-reactive ketones (excluding diaryl/α,β-unsaturated/α-hetero) is 1. The third-order valence-corrected chi connectivity index (χ3v) is 8.95. The van der Waals surface area contributed by atoms with Crippen molar-refractivity contribution in [2.45, 2.75) is 35.6 Å². The fourth-order valence-electron chi connectivity index (χ4n) is 4.82. The number of benzene rings is 3. The molecule has 0 spiro atoms. The molecule has 1 saturated heterocycles. The molecule has 10 heteroatoms. The molecule has 2 aliphatic heterocycles. The maximum Gasteiger partial charge on any atom is 0.301 e. The summed E-state index contributed by atoms with van der Waals surface area (Å²) in [7, 11) is 0. The van der Waals surface area contributed by atoms with Crippen molar-refractivity contribution >= 4 is 57.3 Å². The summed E-state index contributed by atoms with van der Waals surface area (Å²) in [4.78, 5) is 28.2. The van der Waals surface area contributed by atoms with E-state index >= 15 is 0 Å². The molecule has 0 bridgehead atoms. The van der Waals surface area contributed by atoms with E-state index in [9.17, 15) is 14.7 Å². The number of carbonyl (C=O) groups excluding carboxylic acids is 2. The van der Waals surface area contributed by atoms with E-state index in [2.05, 4.69) is 10.2 Å². The van der Waals surface area contributed by atoms with Crippen molar-refractivity contribution in [3.05, 3.63) is 106 Å². The SMILES string of the molecule is C[C@@H]1Cc2cc(C(O)=C3C(=O)C(=O)N(c4nnc(SCc5ccccc5)s4)[C@H]3c3cccc(Cl)c3)ccc2O1. The van der Waals surface area contributed by atoms with Crippen LogP contribution in [0.2, 0.25) is 5.02 Å². The highest BCUT2D eigenvalue weighted by atomic mass is 35.5. The zero-order valence-corrected chi connectivity index (χ0v) is 23.1. The number of hydrogen-bond donors (Lipinski definition) is 1. The van der Waals surface area contributed by atoms with Crippen molar-refractivity contribution in [2.75, 3.05) is 4.90 Å². The Bertz CT molecular complexity index is 1620. The number of nitrogens with zero attached hydrogens (tertiary/aromatic N) is 3. The number of ether oxygens (including phenoxy) is 1. The van der Waals surface area contributed by atoms with Crippen molar-refractivity contribution in [3.63, 3.8) is 0 Å². The van der Waals surface area contributed by atoms with Gasteiger partial charge in [-0.05, 0) is 53.9 Å². The van der Waals surface area contributed by atoms with Crippen LogP contribution in [0.4, 0.5) is 5.13 Å². The summed E-state index contributed by atoms with van der Waals surface area (Å²) in [5.41, 5.74) is 3.06. The number of fused-ring (bicyclic) bond motifs is 1. The Morgan fingerprint density at radius 1 is 1.10 bits per heavy atom. The minimum absolute atomic E-state index is 0.0251. The number of hydrogen-bond acceptors (Lipinski definition) is 8. The lowest BCUT2D eigenvalue weighted by molar-refractivity contribution is -0.132. The van der Waals surface area contributed by atoms with Gasteiger partial charge in [0.15, 0.2) is 4.34 Å². The fourth-order valence-corrected chi connectivity index (χ4v) is 6.85. The van der Waals surface area contributed by atoms with E-state index in [1.54, 1.807) is 42.5 Å². The van der Waals surface area contributed by atoms with Gasteiger partial charge in [-0.25, -0.2) is 0 Å². The second kappa shape index (κ2) is 10.5. The van der Waals surface area contributed by atoms with Crippen LogP contribution in [0, 0.1) is 0 Å². The monoisotopic (exact) mass is 575 g/mol. The predicted octanol–water partition coefficient (Wildman–Crippen LogP) is 6.43. The average molecular weight is 576 g/mol. The summed E-state index contributed by atoms with van der Waals surface area (Å²) in [6, 6.07) is 21.2.